The first-order chi connectivity index (χ1) is 10.1. The smallest absolute Gasteiger partial charge is 0.151 e. The van der Waals surface area contributed by atoms with Gasteiger partial charge in [-0.2, -0.15) is 0 Å². The zero-order valence-electron chi connectivity index (χ0n) is 11.3. The lowest BCUT2D eigenvalue weighted by Crippen LogP contribution is -2.41. The van der Waals surface area contributed by atoms with Gasteiger partial charge in [0.1, 0.15) is 24.2 Å². The van der Waals surface area contributed by atoms with Crippen LogP contribution in [0.5, 0.6) is 0 Å². The van der Waals surface area contributed by atoms with E-state index in [0.717, 1.165) is 21.8 Å². The minimum Gasteiger partial charge on any atom is -0.326 e. The first-order valence-corrected chi connectivity index (χ1v) is 7.45. The zero-order chi connectivity index (χ0) is 15.0. The molecule has 2 N–H and O–H groups in total. The van der Waals surface area contributed by atoms with E-state index in [2.05, 4.69) is 12.6 Å². The molecule has 2 nitrogen and oxygen atoms in total. The molecule has 0 saturated carbocycles. The molecule has 0 fully saturated rings. The lowest BCUT2D eigenvalue weighted by Gasteiger charge is -2.31. The van der Waals surface area contributed by atoms with E-state index in [9.17, 15) is 4.39 Å². The van der Waals surface area contributed by atoms with Crippen molar-refractivity contribution in [2.45, 2.75) is 0 Å². The van der Waals surface area contributed by atoms with Crippen LogP contribution in [0.15, 0.2) is 48.7 Å². The number of halogens is 2. The molecule has 0 saturated heterocycles. The fourth-order valence-electron chi connectivity index (χ4n) is 2.85. The van der Waals surface area contributed by atoms with Crippen LogP contribution in [0.2, 0.25) is 5.02 Å². The van der Waals surface area contributed by atoms with Crippen molar-refractivity contribution in [3.63, 3.8) is 0 Å². The Balaban J connectivity index is 2.23. The standard InChI is InChI=1S/C16H14ClFN2S/c17-11-1-6-15-14(9-11)16(21)10-20(15,8-7-19)13-4-2-12(18)3-5-13/h1-6,9-10H,7-8,19H2/p+1. The maximum Gasteiger partial charge on any atom is 0.151 e. The van der Waals surface area contributed by atoms with Crippen LogP contribution in [-0.2, 0) is 0 Å². The van der Waals surface area contributed by atoms with Crippen molar-refractivity contribution in [2.24, 2.45) is 5.73 Å². The predicted molar refractivity (Wildman–Crippen MR) is 90.2 cm³/mol. The average Bonchev–Trinajstić information content (AvgIpc) is 2.73. The molecule has 3 rings (SSSR count). The van der Waals surface area contributed by atoms with Crippen molar-refractivity contribution in [2.75, 3.05) is 13.1 Å². The lowest BCUT2D eigenvalue weighted by molar-refractivity contribution is 0.520. The van der Waals surface area contributed by atoms with Crippen LogP contribution in [-0.4, -0.2) is 13.1 Å². The fraction of sp³-hybridized carbons (Fsp3) is 0.125. The predicted octanol–water partition coefficient (Wildman–Crippen LogP) is 4.32. The summed E-state index contributed by atoms with van der Waals surface area (Å²) in [6.45, 7) is 1.17. The Morgan fingerprint density at radius 1 is 1.14 bits per heavy atom. The maximum atomic E-state index is 13.2. The number of fused-ring (bicyclic) bond motifs is 1. The normalized spacial score (nSPS) is 20.3. The summed E-state index contributed by atoms with van der Waals surface area (Å²) in [5.74, 6) is -0.254. The van der Waals surface area contributed by atoms with Crippen LogP contribution >= 0.6 is 24.2 Å². The fourth-order valence-corrected chi connectivity index (χ4v) is 3.40. The maximum absolute atomic E-state index is 13.2. The molecular weight excluding hydrogens is 307 g/mol. The highest BCUT2D eigenvalue weighted by atomic mass is 35.5. The third-order valence-electron chi connectivity index (χ3n) is 3.78. The quantitative estimate of drug-likeness (QED) is 0.639. The van der Waals surface area contributed by atoms with Crippen molar-refractivity contribution in [3.8, 4) is 0 Å². The third kappa shape index (κ3) is 2.38. The molecular formula is C16H15ClFN2S+. The Kier molecular flexibility index (Phi) is 3.80. The molecule has 0 radical (unpaired) electrons. The monoisotopic (exact) mass is 321 g/mol. The molecule has 5 heteroatoms. The van der Waals surface area contributed by atoms with Gasteiger partial charge >= 0.3 is 0 Å². The van der Waals surface area contributed by atoms with Crippen molar-refractivity contribution in [1.29, 1.82) is 0 Å². The van der Waals surface area contributed by atoms with Gasteiger partial charge in [-0.25, -0.2) is 8.87 Å². The second-order valence-electron chi connectivity index (χ2n) is 5.03. The van der Waals surface area contributed by atoms with Gasteiger partial charge in [-0.15, -0.1) is 12.6 Å². The highest BCUT2D eigenvalue weighted by molar-refractivity contribution is 7.90. The highest BCUT2D eigenvalue weighted by Gasteiger charge is 2.39. The van der Waals surface area contributed by atoms with Crippen LogP contribution in [0.25, 0.3) is 4.91 Å². The van der Waals surface area contributed by atoms with Crippen molar-refractivity contribution < 1.29 is 4.39 Å². The molecule has 2 aromatic rings. The van der Waals surface area contributed by atoms with Gasteiger partial charge in [-0.05, 0) is 24.3 Å². The summed E-state index contributed by atoms with van der Waals surface area (Å²) in [6.07, 6.45) is 2.03. The molecule has 108 valence electrons. The first kappa shape index (κ1) is 14.6. The Morgan fingerprint density at radius 2 is 1.86 bits per heavy atom. The minimum atomic E-state index is -0.254. The molecule has 0 aliphatic carbocycles. The van der Waals surface area contributed by atoms with Gasteiger partial charge in [0.15, 0.2) is 5.69 Å². The Morgan fingerprint density at radius 3 is 2.52 bits per heavy atom. The summed E-state index contributed by atoms with van der Waals surface area (Å²) in [5.41, 5.74) is 8.82. The van der Waals surface area contributed by atoms with E-state index in [1.807, 2.05) is 24.4 Å². The SMILES string of the molecule is NCC[N+]1(c2ccc(F)cc2)C=C(S)c2cc(Cl)ccc21. The topological polar surface area (TPSA) is 26.0 Å². The molecule has 0 bridgehead atoms. The summed E-state index contributed by atoms with van der Waals surface area (Å²) in [5, 5.41) is 0.667. The summed E-state index contributed by atoms with van der Waals surface area (Å²) >= 11 is 10.7. The van der Waals surface area contributed by atoms with Crippen LogP contribution in [0.1, 0.15) is 5.56 Å². The minimum absolute atomic E-state index is 0.254. The first-order valence-electron chi connectivity index (χ1n) is 6.63. The molecule has 21 heavy (non-hydrogen) atoms. The number of benzene rings is 2. The largest absolute Gasteiger partial charge is 0.326 e. The lowest BCUT2D eigenvalue weighted by atomic mass is 10.1. The van der Waals surface area contributed by atoms with Crippen molar-refractivity contribution >= 4 is 40.5 Å². The van der Waals surface area contributed by atoms with E-state index in [-0.39, 0.29) is 5.82 Å². The van der Waals surface area contributed by atoms with Crippen LogP contribution in [0, 0.1) is 5.82 Å². The number of hydrogen-bond donors (Lipinski definition) is 2. The van der Waals surface area contributed by atoms with Crippen molar-refractivity contribution in [1.82, 2.24) is 4.48 Å². The van der Waals surface area contributed by atoms with Crippen LogP contribution < -0.4 is 10.2 Å². The van der Waals surface area contributed by atoms with Gasteiger partial charge in [0.05, 0.1) is 10.5 Å². The average molecular weight is 322 g/mol. The summed E-state index contributed by atoms with van der Waals surface area (Å²) in [4.78, 5) is 0.852. The molecule has 1 aliphatic rings. The van der Waals surface area contributed by atoms with E-state index in [0.29, 0.717) is 22.6 Å². The molecule has 0 aromatic heterocycles. The number of rotatable bonds is 3. The Labute approximate surface area is 133 Å². The third-order valence-corrected chi connectivity index (χ3v) is 4.37. The molecule has 2 aromatic carbocycles. The van der Waals surface area contributed by atoms with Crippen LogP contribution in [0.3, 0.4) is 0 Å². The van der Waals surface area contributed by atoms with Gasteiger partial charge < -0.3 is 5.73 Å². The van der Waals surface area contributed by atoms with Gasteiger partial charge in [-0.1, -0.05) is 11.6 Å². The highest BCUT2D eigenvalue weighted by Crippen LogP contribution is 2.48. The van der Waals surface area contributed by atoms with Gasteiger partial charge in [0, 0.05) is 29.8 Å². The number of thiol groups is 1. The van der Waals surface area contributed by atoms with E-state index >= 15 is 0 Å². The van der Waals surface area contributed by atoms with Gasteiger partial charge in [-0.3, -0.25) is 0 Å². The Hall–Kier alpha value is -1.33. The number of nitrogens with zero attached hydrogens (tertiary/aromatic N) is 1. The van der Waals surface area contributed by atoms with E-state index < -0.39 is 0 Å². The van der Waals surface area contributed by atoms with Crippen molar-refractivity contribution in [3.05, 3.63) is 65.1 Å². The van der Waals surface area contributed by atoms with E-state index in [1.54, 1.807) is 12.1 Å². The Bertz CT molecular complexity index is 715. The summed E-state index contributed by atoms with van der Waals surface area (Å²) < 4.78 is 13.7. The molecule has 0 amide bonds. The summed E-state index contributed by atoms with van der Waals surface area (Å²) in [6, 6.07) is 12.2. The molecule has 1 heterocycles. The second kappa shape index (κ2) is 5.46. The molecule has 1 aliphatic heterocycles. The second-order valence-corrected chi connectivity index (χ2v) is 5.95. The number of nitrogens with two attached hydrogens (primary N) is 1. The molecule has 0 spiro atoms. The van der Waals surface area contributed by atoms with E-state index in [4.69, 9.17) is 17.3 Å². The summed E-state index contributed by atoms with van der Waals surface area (Å²) in [7, 11) is 0. The molecule has 1 atom stereocenters. The zero-order valence-corrected chi connectivity index (χ0v) is 12.9. The van der Waals surface area contributed by atoms with Gasteiger partial charge in [0.25, 0.3) is 0 Å². The van der Waals surface area contributed by atoms with Gasteiger partial charge in [0.2, 0.25) is 0 Å². The number of hydrogen-bond acceptors (Lipinski definition) is 2. The molecule has 1 unspecified atom stereocenters. The van der Waals surface area contributed by atoms with Crippen LogP contribution in [0.4, 0.5) is 15.8 Å². The number of quaternary nitrogens is 1. The van der Waals surface area contributed by atoms with E-state index in [1.165, 1.54) is 12.1 Å².